The molecule has 2 aromatic heterocycles. The molecule has 0 aliphatic carbocycles. The lowest BCUT2D eigenvalue weighted by atomic mass is 10.2. The summed E-state index contributed by atoms with van der Waals surface area (Å²) in [5.74, 6) is -0.187. The quantitative estimate of drug-likeness (QED) is 0.671. The summed E-state index contributed by atoms with van der Waals surface area (Å²) in [5, 5.41) is 3.61. The van der Waals surface area contributed by atoms with Crippen LogP contribution in [0, 0.1) is 5.82 Å². The lowest BCUT2D eigenvalue weighted by Gasteiger charge is -2.08. The highest BCUT2D eigenvalue weighted by molar-refractivity contribution is 7.13. The highest BCUT2D eigenvalue weighted by atomic mass is 32.1. The van der Waals surface area contributed by atoms with Crippen LogP contribution in [0.2, 0.25) is 0 Å². The van der Waals surface area contributed by atoms with Crippen molar-refractivity contribution in [3.8, 4) is 11.5 Å². The van der Waals surface area contributed by atoms with Gasteiger partial charge in [-0.05, 0) is 42.7 Å². The van der Waals surface area contributed by atoms with E-state index in [0.717, 1.165) is 24.5 Å². The van der Waals surface area contributed by atoms with E-state index in [1.54, 1.807) is 30.6 Å². The van der Waals surface area contributed by atoms with Crippen molar-refractivity contribution in [2.75, 3.05) is 6.61 Å². The van der Waals surface area contributed by atoms with Gasteiger partial charge in [-0.25, -0.2) is 9.37 Å². The molecule has 8 heteroatoms. The lowest BCUT2D eigenvalue weighted by molar-refractivity contribution is 0.0954. The van der Waals surface area contributed by atoms with Gasteiger partial charge in [0.1, 0.15) is 21.7 Å². The predicted octanol–water partition coefficient (Wildman–Crippen LogP) is 4.25. The minimum Gasteiger partial charge on any atom is -0.453 e. The van der Waals surface area contributed by atoms with E-state index in [1.807, 2.05) is 0 Å². The third kappa shape index (κ3) is 4.35. The van der Waals surface area contributed by atoms with Crippen LogP contribution in [0.4, 0.5) is 4.39 Å². The van der Waals surface area contributed by atoms with Gasteiger partial charge in [0.15, 0.2) is 11.6 Å². The number of carbonyl (C=O) groups is 1. The molecule has 1 atom stereocenters. The first-order valence-electron chi connectivity index (χ1n) is 8.91. The molecule has 144 valence electrons. The number of aromatic nitrogens is 2. The molecule has 4 rings (SSSR count). The Morgan fingerprint density at radius 2 is 2.29 bits per heavy atom. The maximum atomic E-state index is 14.3. The normalized spacial score (nSPS) is 16.1. The third-order valence-corrected chi connectivity index (χ3v) is 5.35. The van der Waals surface area contributed by atoms with Crippen molar-refractivity contribution in [2.24, 2.45) is 0 Å². The SMILES string of the molecule is O=C(NCc1ccc(Oc2cccnc2)c(F)c1)c1cnc(C2CCCO2)s1. The molecule has 1 saturated heterocycles. The van der Waals surface area contributed by atoms with Gasteiger partial charge in [0.2, 0.25) is 0 Å². The zero-order chi connectivity index (χ0) is 19.3. The molecule has 28 heavy (non-hydrogen) atoms. The fourth-order valence-corrected chi connectivity index (χ4v) is 3.77. The van der Waals surface area contributed by atoms with Crippen molar-refractivity contribution < 1.29 is 18.7 Å². The van der Waals surface area contributed by atoms with Gasteiger partial charge in [-0.1, -0.05) is 6.07 Å². The van der Waals surface area contributed by atoms with E-state index in [0.29, 0.717) is 16.2 Å². The average Bonchev–Trinajstić information content (AvgIpc) is 3.40. The number of halogens is 1. The van der Waals surface area contributed by atoms with Gasteiger partial charge in [0.05, 0.1) is 12.4 Å². The number of hydrogen-bond acceptors (Lipinski definition) is 6. The number of rotatable bonds is 6. The summed E-state index contributed by atoms with van der Waals surface area (Å²) in [4.78, 5) is 21.1. The van der Waals surface area contributed by atoms with Gasteiger partial charge >= 0.3 is 0 Å². The van der Waals surface area contributed by atoms with Crippen LogP contribution in [0.25, 0.3) is 0 Å². The summed E-state index contributed by atoms with van der Waals surface area (Å²) >= 11 is 1.33. The van der Waals surface area contributed by atoms with E-state index < -0.39 is 5.82 Å². The van der Waals surface area contributed by atoms with Gasteiger partial charge in [-0.15, -0.1) is 11.3 Å². The number of thiazole rings is 1. The van der Waals surface area contributed by atoms with Gasteiger partial charge in [0, 0.05) is 19.3 Å². The number of carbonyl (C=O) groups excluding carboxylic acids is 1. The van der Waals surface area contributed by atoms with Crippen molar-refractivity contribution in [1.29, 1.82) is 0 Å². The van der Waals surface area contributed by atoms with E-state index in [4.69, 9.17) is 9.47 Å². The number of hydrogen-bond donors (Lipinski definition) is 1. The number of nitrogens with one attached hydrogen (secondary N) is 1. The molecule has 0 bridgehead atoms. The van der Waals surface area contributed by atoms with Gasteiger partial charge in [-0.3, -0.25) is 9.78 Å². The predicted molar refractivity (Wildman–Crippen MR) is 102 cm³/mol. The number of nitrogens with zero attached hydrogens (tertiary/aromatic N) is 2. The molecule has 3 aromatic rings. The number of benzene rings is 1. The van der Waals surface area contributed by atoms with E-state index in [1.165, 1.54) is 29.7 Å². The molecule has 1 aliphatic rings. The maximum Gasteiger partial charge on any atom is 0.263 e. The van der Waals surface area contributed by atoms with Crippen LogP contribution in [0.3, 0.4) is 0 Å². The Hall–Kier alpha value is -2.84. The van der Waals surface area contributed by atoms with E-state index >= 15 is 0 Å². The first-order chi connectivity index (χ1) is 13.7. The molecule has 0 spiro atoms. The second-order valence-electron chi connectivity index (χ2n) is 6.30. The second-order valence-corrected chi connectivity index (χ2v) is 7.36. The zero-order valence-electron chi connectivity index (χ0n) is 14.9. The van der Waals surface area contributed by atoms with E-state index in [9.17, 15) is 9.18 Å². The fourth-order valence-electron chi connectivity index (χ4n) is 2.85. The minimum atomic E-state index is -0.505. The van der Waals surface area contributed by atoms with Crippen molar-refractivity contribution in [2.45, 2.75) is 25.5 Å². The Morgan fingerprint density at radius 1 is 1.36 bits per heavy atom. The monoisotopic (exact) mass is 399 g/mol. The topological polar surface area (TPSA) is 73.3 Å². The highest BCUT2D eigenvalue weighted by Gasteiger charge is 2.22. The minimum absolute atomic E-state index is 0.00648. The Balaban J connectivity index is 1.35. The van der Waals surface area contributed by atoms with Crippen molar-refractivity contribution in [1.82, 2.24) is 15.3 Å². The van der Waals surface area contributed by atoms with Crippen LogP contribution in [-0.4, -0.2) is 22.5 Å². The van der Waals surface area contributed by atoms with Crippen molar-refractivity contribution in [3.05, 3.63) is 70.2 Å². The van der Waals surface area contributed by atoms with Crippen LogP contribution in [0.1, 0.15) is 39.2 Å². The zero-order valence-corrected chi connectivity index (χ0v) is 15.7. The van der Waals surface area contributed by atoms with Crippen LogP contribution in [-0.2, 0) is 11.3 Å². The first kappa shape index (κ1) is 18.5. The molecule has 1 fully saturated rings. The van der Waals surface area contributed by atoms with E-state index in [2.05, 4.69) is 15.3 Å². The molecule has 1 unspecified atom stereocenters. The summed E-state index contributed by atoms with van der Waals surface area (Å²) in [5.41, 5.74) is 0.633. The average molecular weight is 399 g/mol. The summed E-state index contributed by atoms with van der Waals surface area (Å²) in [6.07, 6.45) is 6.62. The first-order valence-corrected chi connectivity index (χ1v) is 9.72. The van der Waals surface area contributed by atoms with Crippen molar-refractivity contribution >= 4 is 17.2 Å². The fraction of sp³-hybridized carbons (Fsp3) is 0.250. The Kier molecular flexibility index (Phi) is 5.59. The van der Waals surface area contributed by atoms with Crippen LogP contribution >= 0.6 is 11.3 Å². The molecule has 1 N–H and O–H groups in total. The molecule has 6 nitrogen and oxygen atoms in total. The summed E-state index contributed by atoms with van der Waals surface area (Å²) in [7, 11) is 0. The van der Waals surface area contributed by atoms with Crippen molar-refractivity contribution in [3.63, 3.8) is 0 Å². The van der Waals surface area contributed by atoms with Gasteiger partial charge in [0.25, 0.3) is 5.91 Å². The summed E-state index contributed by atoms with van der Waals surface area (Å²) < 4.78 is 25.3. The lowest BCUT2D eigenvalue weighted by Crippen LogP contribution is -2.21. The highest BCUT2D eigenvalue weighted by Crippen LogP contribution is 2.31. The Labute approximate surface area is 165 Å². The summed E-state index contributed by atoms with van der Waals surface area (Å²) in [6.45, 7) is 0.938. The molecular formula is C20H18FN3O3S. The van der Waals surface area contributed by atoms with Gasteiger partial charge in [-0.2, -0.15) is 0 Å². The van der Waals surface area contributed by atoms with Crippen LogP contribution < -0.4 is 10.1 Å². The van der Waals surface area contributed by atoms with E-state index in [-0.39, 0.29) is 24.3 Å². The Morgan fingerprint density at radius 3 is 3.04 bits per heavy atom. The maximum absolute atomic E-state index is 14.3. The number of ether oxygens (including phenoxy) is 2. The largest absolute Gasteiger partial charge is 0.453 e. The standard InChI is InChI=1S/C20H18FN3O3S/c21-15-9-13(5-6-16(15)27-14-3-1-7-22-11-14)10-23-19(25)18-12-24-20(28-18)17-4-2-8-26-17/h1,3,5-7,9,11-12,17H,2,4,8,10H2,(H,23,25). The van der Waals surface area contributed by atoms with Gasteiger partial charge < -0.3 is 14.8 Å². The molecular weight excluding hydrogens is 381 g/mol. The third-order valence-electron chi connectivity index (χ3n) is 4.26. The molecule has 1 amide bonds. The molecule has 3 heterocycles. The summed E-state index contributed by atoms with van der Waals surface area (Å²) in [6, 6.07) is 7.99. The van der Waals surface area contributed by atoms with Crippen LogP contribution in [0.15, 0.2) is 48.9 Å². The molecule has 0 saturated carbocycles. The molecule has 1 aliphatic heterocycles. The van der Waals surface area contributed by atoms with Crippen LogP contribution in [0.5, 0.6) is 11.5 Å². The Bertz CT molecular complexity index is 958. The smallest absolute Gasteiger partial charge is 0.263 e. The molecule has 0 radical (unpaired) electrons. The number of pyridine rings is 1. The molecule has 1 aromatic carbocycles. The number of amides is 1. The second kappa shape index (κ2) is 8.45.